The van der Waals surface area contributed by atoms with Gasteiger partial charge in [0.25, 0.3) is 0 Å². The molecule has 0 amide bonds. The highest BCUT2D eigenvalue weighted by Gasteiger charge is 2.04. The first kappa shape index (κ1) is 11.0. The maximum atomic E-state index is 13.2. The third kappa shape index (κ3) is 3.01. The lowest BCUT2D eigenvalue weighted by Gasteiger charge is -2.06. The Morgan fingerprint density at radius 2 is 2.29 bits per heavy atom. The highest BCUT2D eigenvalue weighted by molar-refractivity contribution is 6.29. The Labute approximate surface area is 87.1 Å². The Kier molecular flexibility index (Phi) is 3.92. The quantitative estimate of drug-likeness (QED) is 0.837. The number of nitrogens with two attached hydrogens (primary N) is 1. The largest absolute Gasteiger partial charge is 0.485 e. The Balaban J connectivity index is 2.73. The summed E-state index contributed by atoms with van der Waals surface area (Å²) in [6.07, 6.45) is 0. The van der Waals surface area contributed by atoms with Gasteiger partial charge in [-0.1, -0.05) is 24.2 Å². The van der Waals surface area contributed by atoms with Gasteiger partial charge in [-0.25, -0.2) is 4.39 Å². The number of rotatable bonds is 4. The number of hydrogen-bond acceptors (Lipinski definition) is 2. The Morgan fingerprint density at radius 1 is 1.57 bits per heavy atom. The molecule has 0 heterocycles. The molecule has 0 unspecified atom stereocenters. The molecule has 0 saturated carbocycles. The molecule has 1 rings (SSSR count). The van der Waals surface area contributed by atoms with Crippen LogP contribution in [-0.4, -0.2) is 6.61 Å². The van der Waals surface area contributed by atoms with E-state index in [-0.39, 0.29) is 12.4 Å². The molecule has 0 aliphatic heterocycles. The summed E-state index contributed by atoms with van der Waals surface area (Å²) in [5, 5.41) is 0.326. The molecule has 0 bridgehead atoms. The summed E-state index contributed by atoms with van der Waals surface area (Å²) in [5.74, 6) is -0.283. The van der Waals surface area contributed by atoms with E-state index in [0.717, 1.165) is 5.56 Å². The number of ether oxygens (including phenoxy) is 1. The highest BCUT2D eigenvalue weighted by Crippen LogP contribution is 2.18. The van der Waals surface area contributed by atoms with Crippen LogP contribution in [0.5, 0.6) is 5.75 Å². The van der Waals surface area contributed by atoms with Crippen molar-refractivity contribution in [3.8, 4) is 5.75 Å². The van der Waals surface area contributed by atoms with E-state index in [1.165, 1.54) is 12.1 Å². The highest BCUT2D eigenvalue weighted by atomic mass is 35.5. The maximum absolute atomic E-state index is 13.2. The van der Waals surface area contributed by atoms with Crippen molar-refractivity contribution >= 4 is 11.6 Å². The average molecular weight is 216 g/mol. The van der Waals surface area contributed by atoms with Crippen molar-refractivity contribution < 1.29 is 9.13 Å². The molecule has 0 saturated heterocycles. The molecule has 76 valence electrons. The first-order chi connectivity index (χ1) is 6.63. The van der Waals surface area contributed by atoms with E-state index in [2.05, 4.69) is 6.58 Å². The van der Waals surface area contributed by atoms with Gasteiger partial charge < -0.3 is 10.5 Å². The second-order valence-electron chi connectivity index (χ2n) is 2.77. The topological polar surface area (TPSA) is 35.2 Å². The van der Waals surface area contributed by atoms with Crippen molar-refractivity contribution in [3.63, 3.8) is 0 Å². The van der Waals surface area contributed by atoms with Gasteiger partial charge in [0.15, 0.2) is 11.6 Å². The van der Waals surface area contributed by atoms with E-state index < -0.39 is 5.82 Å². The summed E-state index contributed by atoms with van der Waals surface area (Å²) >= 11 is 5.48. The minimum atomic E-state index is -0.439. The normalized spacial score (nSPS) is 9.93. The first-order valence-corrected chi connectivity index (χ1v) is 4.46. The van der Waals surface area contributed by atoms with Crippen LogP contribution in [0.1, 0.15) is 5.56 Å². The fourth-order valence-electron chi connectivity index (χ4n) is 0.944. The third-order valence-corrected chi connectivity index (χ3v) is 1.73. The number of halogens is 2. The van der Waals surface area contributed by atoms with Crippen molar-refractivity contribution in [2.45, 2.75) is 6.54 Å². The second kappa shape index (κ2) is 4.98. The van der Waals surface area contributed by atoms with Crippen LogP contribution in [0.4, 0.5) is 4.39 Å². The monoisotopic (exact) mass is 215 g/mol. The molecular formula is C10H11ClFNO. The third-order valence-electron chi connectivity index (χ3n) is 1.62. The van der Waals surface area contributed by atoms with Crippen molar-refractivity contribution in [1.82, 2.24) is 0 Å². The molecule has 1 aromatic carbocycles. The molecule has 1 aromatic rings. The zero-order chi connectivity index (χ0) is 10.6. The van der Waals surface area contributed by atoms with Crippen LogP contribution in [0, 0.1) is 5.82 Å². The standard InChI is InChI=1S/C10H11ClFNO/c1-7(11)6-14-10-3-2-8(5-13)4-9(10)12/h2-4H,1,5-6,13H2. The maximum Gasteiger partial charge on any atom is 0.165 e. The first-order valence-electron chi connectivity index (χ1n) is 4.08. The molecule has 0 aliphatic rings. The molecule has 0 aromatic heterocycles. The SMILES string of the molecule is C=C(Cl)COc1ccc(CN)cc1F. The minimum Gasteiger partial charge on any atom is -0.485 e. The number of benzene rings is 1. The van der Waals surface area contributed by atoms with Crippen LogP contribution >= 0.6 is 11.6 Å². The molecule has 2 N–H and O–H groups in total. The zero-order valence-electron chi connectivity index (χ0n) is 7.59. The van der Waals surface area contributed by atoms with Gasteiger partial charge in [-0.15, -0.1) is 0 Å². The molecule has 2 nitrogen and oxygen atoms in total. The van der Waals surface area contributed by atoms with Gasteiger partial charge in [-0.2, -0.15) is 0 Å². The van der Waals surface area contributed by atoms with Crippen LogP contribution in [0.3, 0.4) is 0 Å². The lowest BCUT2D eigenvalue weighted by Crippen LogP contribution is -2.01. The van der Waals surface area contributed by atoms with E-state index in [1.54, 1.807) is 6.07 Å². The molecule has 0 radical (unpaired) electrons. The van der Waals surface area contributed by atoms with E-state index in [0.29, 0.717) is 11.6 Å². The Morgan fingerprint density at radius 3 is 2.79 bits per heavy atom. The van der Waals surface area contributed by atoms with Gasteiger partial charge in [0.05, 0.1) is 0 Å². The molecule has 0 atom stereocenters. The van der Waals surface area contributed by atoms with Crippen molar-refractivity contribution in [2.75, 3.05) is 6.61 Å². The molecule has 0 fully saturated rings. The summed E-state index contributed by atoms with van der Waals surface area (Å²) in [5.41, 5.74) is 6.07. The van der Waals surface area contributed by atoms with Crippen LogP contribution in [0.25, 0.3) is 0 Å². The van der Waals surface area contributed by atoms with E-state index in [9.17, 15) is 4.39 Å². The van der Waals surface area contributed by atoms with Crippen LogP contribution < -0.4 is 10.5 Å². The second-order valence-corrected chi connectivity index (χ2v) is 3.31. The fourth-order valence-corrected chi connectivity index (χ4v) is 0.999. The minimum absolute atomic E-state index is 0.0977. The molecule has 0 spiro atoms. The van der Waals surface area contributed by atoms with Crippen LogP contribution in [0.2, 0.25) is 0 Å². The molecular weight excluding hydrogens is 205 g/mol. The lowest BCUT2D eigenvalue weighted by molar-refractivity contribution is 0.338. The van der Waals surface area contributed by atoms with E-state index >= 15 is 0 Å². The summed E-state index contributed by atoms with van der Waals surface area (Å²) < 4.78 is 18.3. The average Bonchev–Trinajstić information content (AvgIpc) is 2.15. The van der Waals surface area contributed by atoms with Gasteiger partial charge in [0.2, 0.25) is 0 Å². The van der Waals surface area contributed by atoms with E-state index in [4.69, 9.17) is 22.1 Å². The zero-order valence-corrected chi connectivity index (χ0v) is 8.35. The van der Waals surface area contributed by atoms with Crippen molar-refractivity contribution in [3.05, 3.63) is 41.2 Å². The summed E-state index contributed by atoms with van der Waals surface area (Å²) in [6.45, 7) is 3.83. The Bertz CT molecular complexity index is 341. The fraction of sp³-hybridized carbons (Fsp3) is 0.200. The molecule has 14 heavy (non-hydrogen) atoms. The van der Waals surface area contributed by atoms with Gasteiger partial charge in [-0.05, 0) is 17.7 Å². The number of hydrogen-bond donors (Lipinski definition) is 1. The summed E-state index contributed by atoms with van der Waals surface area (Å²) in [7, 11) is 0. The van der Waals surface area contributed by atoms with Crippen LogP contribution in [-0.2, 0) is 6.54 Å². The van der Waals surface area contributed by atoms with Crippen molar-refractivity contribution in [2.24, 2.45) is 5.73 Å². The van der Waals surface area contributed by atoms with Gasteiger partial charge >= 0.3 is 0 Å². The van der Waals surface area contributed by atoms with Gasteiger partial charge in [0.1, 0.15) is 6.61 Å². The molecule has 4 heteroatoms. The van der Waals surface area contributed by atoms with Crippen molar-refractivity contribution in [1.29, 1.82) is 0 Å². The van der Waals surface area contributed by atoms with Gasteiger partial charge in [0, 0.05) is 11.6 Å². The summed E-state index contributed by atoms with van der Waals surface area (Å²) in [6, 6.07) is 4.57. The lowest BCUT2D eigenvalue weighted by atomic mass is 10.2. The van der Waals surface area contributed by atoms with E-state index in [1.807, 2.05) is 0 Å². The predicted octanol–water partition coefficient (Wildman–Crippen LogP) is 2.42. The smallest absolute Gasteiger partial charge is 0.165 e. The van der Waals surface area contributed by atoms with Gasteiger partial charge in [-0.3, -0.25) is 0 Å². The molecule has 0 aliphatic carbocycles. The van der Waals surface area contributed by atoms with Crippen LogP contribution in [0.15, 0.2) is 29.8 Å². The Hall–Kier alpha value is -1.06. The summed E-state index contributed by atoms with van der Waals surface area (Å²) in [4.78, 5) is 0. The predicted molar refractivity (Wildman–Crippen MR) is 54.8 cm³/mol.